The van der Waals surface area contributed by atoms with Crippen LogP contribution in [0.15, 0.2) is 54.6 Å². The number of primary amides is 1. The number of benzene rings is 2. The first-order valence-electron chi connectivity index (χ1n) is 8.92. The van der Waals surface area contributed by atoms with Gasteiger partial charge >= 0.3 is 0 Å². The van der Waals surface area contributed by atoms with Gasteiger partial charge in [-0.15, -0.1) is 0 Å². The highest BCUT2D eigenvalue weighted by Gasteiger charge is 2.28. The molecule has 1 aliphatic heterocycles. The molecule has 1 atom stereocenters. The molecule has 3 rings (SSSR count). The Morgan fingerprint density at radius 1 is 1.04 bits per heavy atom. The van der Waals surface area contributed by atoms with E-state index in [-0.39, 0.29) is 23.7 Å². The van der Waals surface area contributed by atoms with Crippen LogP contribution in [0, 0.1) is 5.92 Å². The normalized spacial score (nSPS) is 16.3. The van der Waals surface area contributed by atoms with Crippen molar-refractivity contribution in [2.45, 2.75) is 25.2 Å². The monoisotopic (exact) mass is 370 g/mol. The van der Waals surface area contributed by atoms with Crippen LogP contribution in [0.5, 0.6) is 0 Å². The van der Waals surface area contributed by atoms with Crippen molar-refractivity contribution in [2.75, 3.05) is 13.1 Å². The lowest BCUT2D eigenvalue weighted by molar-refractivity contribution is -0.135. The van der Waals surface area contributed by atoms with Crippen molar-refractivity contribution in [3.63, 3.8) is 0 Å². The van der Waals surface area contributed by atoms with Crippen LogP contribution in [0.3, 0.4) is 0 Å². The maximum atomic E-state index is 12.9. The Morgan fingerprint density at radius 2 is 1.69 bits per heavy atom. The standard InChI is InChI=1S/C21H23ClN2O2/c22-18-8-4-7-17(13-18)19(15-5-2-1-3-6-15)14-20(25)24-11-9-16(10-12-24)21(23)26/h1-8,13,16,19H,9-12,14H2,(H2,23,26)/t19-/m1/s1. The molecule has 1 fully saturated rings. The zero-order chi connectivity index (χ0) is 18.5. The molecule has 2 aromatic rings. The molecule has 1 heterocycles. The number of hydrogen-bond donors (Lipinski definition) is 1. The van der Waals surface area contributed by atoms with Crippen LogP contribution in [-0.2, 0) is 9.59 Å². The molecule has 2 aromatic carbocycles. The van der Waals surface area contributed by atoms with Crippen molar-refractivity contribution in [3.05, 3.63) is 70.7 Å². The predicted octanol–water partition coefficient (Wildman–Crippen LogP) is 3.59. The second-order valence-electron chi connectivity index (χ2n) is 6.78. The highest BCUT2D eigenvalue weighted by molar-refractivity contribution is 6.30. The number of amides is 2. The third kappa shape index (κ3) is 4.44. The number of likely N-dealkylation sites (tertiary alicyclic amines) is 1. The Hall–Kier alpha value is -2.33. The lowest BCUT2D eigenvalue weighted by atomic mass is 9.87. The van der Waals surface area contributed by atoms with Crippen LogP contribution in [0.1, 0.15) is 36.3 Å². The fourth-order valence-electron chi connectivity index (χ4n) is 3.55. The van der Waals surface area contributed by atoms with Gasteiger partial charge in [0.25, 0.3) is 0 Å². The van der Waals surface area contributed by atoms with Gasteiger partial charge in [-0.05, 0) is 36.1 Å². The highest BCUT2D eigenvalue weighted by Crippen LogP contribution is 2.31. The maximum absolute atomic E-state index is 12.9. The minimum Gasteiger partial charge on any atom is -0.369 e. The van der Waals surface area contributed by atoms with Gasteiger partial charge in [0.2, 0.25) is 11.8 Å². The van der Waals surface area contributed by atoms with Gasteiger partial charge in [0, 0.05) is 36.4 Å². The number of carbonyl (C=O) groups excluding carboxylic acids is 2. The first-order valence-corrected chi connectivity index (χ1v) is 9.30. The predicted molar refractivity (Wildman–Crippen MR) is 103 cm³/mol. The number of rotatable bonds is 5. The van der Waals surface area contributed by atoms with E-state index in [2.05, 4.69) is 0 Å². The summed E-state index contributed by atoms with van der Waals surface area (Å²) in [6.07, 6.45) is 1.67. The van der Waals surface area contributed by atoms with Gasteiger partial charge in [-0.1, -0.05) is 54.1 Å². The summed E-state index contributed by atoms with van der Waals surface area (Å²) in [6, 6.07) is 17.7. The van der Waals surface area contributed by atoms with Gasteiger partial charge in [0.1, 0.15) is 0 Å². The second-order valence-corrected chi connectivity index (χ2v) is 7.22. The lowest BCUT2D eigenvalue weighted by Crippen LogP contribution is -2.42. The van der Waals surface area contributed by atoms with E-state index >= 15 is 0 Å². The third-order valence-corrected chi connectivity index (χ3v) is 5.32. The fraction of sp³-hybridized carbons (Fsp3) is 0.333. The Balaban J connectivity index is 1.76. The molecule has 26 heavy (non-hydrogen) atoms. The van der Waals surface area contributed by atoms with Crippen LogP contribution in [0.4, 0.5) is 0 Å². The number of nitrogens with two attached hydrogens (primary N) is 1. The van der Waals surface area contributed by atoms with Crippen molar-refractivity contribution >= 4 is 23.4 Å². The Kier molecular flexibility index (Phi) is 5.94. The molecule has 0 radical (unpaired) electrons. The van der Waals surface area contributed by atoms with E-state index in [0.717, 1.165) is 11.1 Å². The van der Waals surface area contributed by atoms with E-state index in [1.54, 1.807) is 0 Å². The topological polar surface area (TPSA) is 63.4 Å². The SMILES string of the molecule is NC(=O)C1CCN(C(=O)C[C@H](c2ccccc2)c2cccc(Cl)c2)CC1. The van der Waals surface area contributed by atoms with E-state index in [9.17, 15) is 9.59 Å². The van der Waals surface area contributed by atoms with Gasteiger partial charge in [-0.2, -0.15) is 0 Å². The quantitative estimate of drug-likeness (QED) is 0.874. The van der Waals surface area contributed by atoms with Gasteiger partial charge in [0.05, 0.1) is 0 Å². The van der Waals surface area contributed by atoms with Crippen LogP contribution in [0.2, 0.25) is 5.02 Å². The minimum atomic E-state index is -0.266. The van der Waals surface area contributed by atoms with Crippen LogP contribution in [-0.4, -0.2) is 29.8 Å². The van der Waals surface area contributed by atoms with E-state index in [0.29, 0.717) is 37.4 Å². The molecule has 0 unspecified atom stereocenters. The molecule has 0 aliphatic carbocycles. The highest BCUT2D eigenvalue weighted by atomic mass is 35.5. The van der Waals surface area contributed by atoms with E-state index in [1.807, 2.05) is 59.5 Å². The smallest absolute Gasteiger partial charge is 0.223 e. The first kappa shape index (κ1) is 18.5. The molecule has 0 spiro atoms. The lowest BCUT2D eigenvalue weighted by Gasteiger charge is -2.32. The van der Waals surface area contributed by atoms with E-state index < -0.39 is 0 Å². The number of halogens is 1. The summed E-state index contributed by atoms with van der Waals surface area (Å²) in [5.74, 6) is -0.326. The molecule has 0 bridgehead atoms. The van der Waals surface area contributed by atoms with Crippen molar-refractivity contribution in [3.8, 4) is 0 Å². The Bertz CT molecular complexity index is 771. The van der Waals surface area contributed by atoms with Crippen molar-refractivity contribution in [1.29, 1.82) is 0 Å². The zero-order valence-corrected chi connectivity index (χ0v) is 15.4. The molecule has 2 amide bonds. The van der Waals surface area contributed by atoms with Crippen LogP contribution >= 0.6 is 11.6 Å². The number of nitrogens with zero attached hydrogens (tertiary/aromatic N) is 1. The van der Waals surface area contributed by atoms with E-state index in [4.69, 9.17) is 17.3 Å². The van der Waals surface area contributed by atoms with Crippen LogP contribution < -0.4 is 5.73 Å². The molecule has 0 aromatic heterocycles. The molecule has 4 nitrogen and oxygen atoms in total. The average molecular weight is 371 g/mol. The first-order chi connectivity index (χ1) is 12.5. The molecule has 1 saturated heterocycles. The summed E-state index contributed by atoms with van der Waals surface area (Å²) in [6.45, 7) is 1.17. The molecular formula is C21H23ClN2O2. The van der Waals surface area contributed by atoms with Gasteiger partial charge in [0.15, 0.2) is 0 Å². The second kappa shape index (κ2) is 8.37. The Morgan fingerprint density at radius 3 is 2.31 bits per heavy atom. The molecule has 2 N–H and O–H groups in total. The summed E-state index contributed by atoms with van der Waals surface area (Å²) in [5, 5.41) is 0.665. The Labute approximate surface area is 158 Å². The number of hydrogen-bond acceptors (Lipinski definition) is 2. The van der Waals surface area contributed by atoms with Crippen molar-refractivity contribution < 1.29 is 9.59 Å². The molecular weight excluding hydrogens is 348 g/mol. The fourth-order valence-corrected chi connectivity index (χ4v) is 3.75. The largest absolute Gasteiger partial charge is 0.369 e. The van der Waals surface area contributed by atoms with Crippen LogP contribution in [0.25, 0.3) is 0 Å². The summed E-state index contributed by atoms with van der Waals surface area (Å²) < 4.78 is 0. The van der Waals surface area contributed by atoms with Crippen molar-refractivity contribution in [1.82, 2.24) is 4.90 Å². The summed E-state index contributed by atoms with van der Waals surface area (Å²) in [5.41, 5.74) is 7.51. The summed E-state index contributed by atoms with van der Waals surface area (Å²) in [4.78, 5) is 26.1. The summed E-state index contributed by atoms with van der Waals surface area (Å²) >= 11 is 6.17. The zero-order valence-electron chi connectivity index (χ0n) is 14.6. The molecule has 5 heteroatoms. The van der Waals surface area contributed by atoms with Gasteiger partial charge in [-0.3, -0.25) is 9.59 Å². The summed E-state index contributed by atoms with van der Waals surface area (Å²) in [7, 11) is 0. The average Bonchev–Trinajstić information content (AvgIpc) is 2.66. The molecule has 136 valence electrons. The number of carbonyl (C=O) groups is 2. The number of piperidine rings is 1. The molecule has 0 saturated carbocycles. The van der Waals surface area contributed by atoms with Gasteiger partial charge < -0.3 is 10.6 Å². The minimum absolute atomic E-state index is 0.0451. The van der Waals surface area contributed by atoms with E-state index in [1.165, 1.54) is 0 Å². The molecule has 1 aliphatic rings. The van der Waals surface area contributed by atoms with Crippen molar-refractivity contribution in [2.24, 2.45) is 11.7 Å². The van der Waals surface area contributed by atoms with Gasteiger partial charge in [-0.25, -0.2) is 0 Å². The third-order valence-electron chi connectivity index (χ3n) is 5.08. The maximum Gasteiger partial charge on any atom is 0.223 e.